The van der Waals surface area contributed by atoms with Gasteiger partial charge < -0.3 is 0 Å². The van der Waals surface area contributed by atoms with Gasteiger partial charge >= 0.3 is 0 Å². The van der Waals surface area contributed by atoms with Gasteiger partial charge in [0.05, 0.1) is 0 Å². The van der Waals surface area contributed by atoms with Crippen LogP contribution >= 0.6 is 27.5 Å². The van der Waals surface area contributed by atoms with Crippen molar-refractivity contribution in [1.29, 1.82) is 0 Å². The van der Waals surface area contributed by atoms with Crippen molar-refractivity contribution in [2.24, 2.45) is 5.92 Å². The summed E-state index contributed by atoms with van der Waals surface area (Å²) in [5, 5.41) is 0. The summed E-state index contributed by atoms with van der Waals surface area (Å²) in [4.78, 5) is 0. The molecule has 0 saturated heterocycles. The SMILES string of the molecule is Cc1ccc(CC(C)CCl)cc1Br. The first-order valence-corrected chi connectivity index (χ1v) is 5.77. The lowest BCUT2D eigenvalue weighted by Gasteiger charge is -2.08. The lowest BCUT2D eigenvalue weighted by Crippen LogP contribution is -2.00. The van der Waals surface area contributed by atoms with Crippen LogP contribution < -0.4 is 0 Å². The molecule has 72 valence electrons. The Kier molecular flexibility index (Phi) is 4.27. The first-order chi connectivity index (χ1) is 6.13. The van der Waals surface area contributed by atoms with E-state index in [0.29, 0.717) is 5.92 Å². The van der Waals surface area contributed by atoms with Crippen molar-refractivity contribution in [3.8, 4) is 0 Å². The molecule has 0 bridgehead atoms. The molecule has 0 heterocycles. The molecule has 1 atom stereocenters. The van der Waals surface area contributed by atoms with Crippen molar-refractivity contribution < 1.29 is 0 Å². The second-order valence-electron chi connectivity index (χ2n) is 3.55. The summed E-state index contributed by atoms with van der Waals surface area (Å²) >= 11 is 9.29. The van der Waals surface area contributed by atoms with E-state index in [9.17, 15) is 0 Å². The van der Waals surface area contributed by atoms with E-state index < -0.39 is 0 Å². The van der Waals surface area contributed by atoms with E-state index in [1.807, 2.05) is 0 Å². The molecule has 0 aliphatic heterocycles. The Hall–Kier alpha value is -0.0100. The highest BCUT2D eigenvalue weighted by molar-refractivity contribution is 9.10. The minimum atomic E-state index is 0.552. The smallest absolute Gasteiger partial charge is 0.0252 e. The maximum absolute atomic E-state index is 5.76. The van der Waals surface area contributed by atoms with Gasteiger partial charge in [-0.15, -0.1) is 11.6 Å². The highest BCUT2D eigenvalue weighted by Crippen LogP contribution is 2.19. The molecule has 0 aliphatic carbocycles. The standard InChI is InChI=1S/C11H14BrCl/c1-8(7-13)5-10-4-3-9(2)11(12)6-10/h3-4,6,8H,5,7H2,1-2H3. The lowest BCUT2D eigenvalue weighted by atomic mass is 10.0. The molecule has 0 aliphatic rings. The van der Waals surface area contributed by atoms with Gasteiger partial charge in [-0.25, -0.2) is 0 Å². The van der Waals surface area contributed by atoms with Gasteiger partial charge in [-0.3, -0.25) is 0 Å². The van der Waals surface area contributed by atoms with Crippen molar-refractivity contribution in [1.82, 2.24) is 0 Å². The summed E-state index contributed by atoms with van der Waals surface area (Å²) in [5.74, 6) is 1.28. The molecule has 2 heteroatoms. The number of rotatable bonds is 3. The molecule has 0 aromatic heterocycles. The van der Waals surface area contributed by atoms with E-state index in [0.717, 1.165) is 12.3 Å². The Labute approximate surface area is 93.4 Å². The van der Waals surface area contributed by atoms with E-state index >= 15 is 0 Å². The molecule has 0 spiro atoms. The predicted molar refractivity (Wildman–Crippen MR) is 62.5 cm³/mol. The zero-order valence-corrected chi connectivity index (χ0v) is 10.3. The molecule has 1 aromatic rings. The van der Waals surface area contributed by atoms with Crippen molar-refractivity contribution in [2.45, 2.75) is 20.3 Å². The van der Waals surface area contributed by atoms with Crippen LogP contribution in [0.2, 0.25) is 0 Å². The summed E-state index contributed by atoms with van der Waals surface area (Å²) in [7, 11) is 0. The second-order valence-corrected chi connectivity index (χ2v) is 4.71. The summed E-state index contributed by atoms with van der Waals surface area (Å²) in [6, 6.07) is 6.49. The minimum Gasteiger partial charge on any atom is -0.126 e. The number of halogens is 2. The number of hydrogen-bond donors (Lipinski definition) is 0. The second kappa shape index (κ2) is 5.02. The highest BCUT2D eigenvalue weighted by atomic mass is 79.9. The summed E-state index contributed by atoms with van der Waals surface area (Å²) in [5.41, 5.74) is 2.63. The summed E-state index contributed by atoms with van der Waals surface area (Å²) in [6.45, 7) is 4.26. The Morgan fingerprint density at radius 3 is 2.69 bits per heavy atom. The van der Waals surface area contributed by atoms with E-state index in [-0.39, 0.29) is 0 Å². The van der Waals surface area contributed by atoms with Gasteiger partial charge in [0.25, 0.3) is 0 Å². The zero-order chi connectivity index (χ0) is 9.84. The molecule has 1 aromatic carbocycles. The fourth-order valence-corrected chi connectivity index (χ4v) is 1.76. The molecule has 0 nitrogen and oxygen atoms in total. The van der Waals surface area contributed by atoms with Gasteiger partial charge in [-0.2, -0.15) is 0 Å². The van der Waals surface area contributed by atoms with Crippen molar-refractivity contribution >= 4 is 27.5 Å². The van der Waals surface area contributed by atoms with Crippen LogP contribution in [0.1, 0.15) is 18.1 Å². The quantitative estimate of drug-likeness (QED) is 0.716. The Bertz CT molecular complexity index is 283. The highest BCUT2D eigenvalue weighted by Gasteiger charge is 2.03. The van der Waals surface area contributed by atoms with Crippen LogP contribution in [0.25, 0.3) is 0 Å². The predicted octanol–water partition coefficient (Wildman–Crippen LogP) is 4.17. The van der Waals surface area contributed by atoms with Crippen molar-refractivity contribution in [3.63, 3.8) is 0 Å². The summed E-state index contributed by atoms with van der Waals surface area (Å²) in [6.07, 6.45) is 1.06. The normalized spacial score (nSPS) is 12.9. The van der Waals surface area contributed by atoms with Gasteiger partial charge in [-0.1, -0.05) is 35.0 Å². The van der Waals surface area contributed by atoms with E-state index in [2.05, 4.69) is 48.0 Å². The lowest BCUT2D eigenvalue weighted by molar-refractivity contribution is 0.654. The van der Waals surface area contributed by atoms with Crippen molar-refractivity contribution in [3.05, 3.63) is 33.8 Å². The molecule has 13 heavy (non-hydrogen) atoms. The van der Waals surface area contributed by atoms with E-state index in [4.69, 9.17) is 11.6 Å². The first kappa shape index (κ1) is 11.1. The fraction of sp³-hybridized carbons (Fsp3) is 0.455. The molecule has 0 saturated carbocycles. The Balaban J connectivity index is 2.73. The largest absolute Gasteiger partial charge is 0.126 e. The number of aryl methyl sites for hydroxylation is 1. The van der Waals surface area contributed by atoms with Gasteiger partial charge in [0.15, 0.2) is 0 Å². The van der Waals surface area contributed by atoms with Crippen LogP contribution in [-0.4, -0.2) is 5.88 Å². The van der Waals surface area contributed by atoms with Crippen molar-refractivity contribution in [2.75, 3.05) is 5.88 Å². The average Bonchev–Trinajstić information content (AvgIpc) is 2.11. The van der Waals surface area contributed by atoms with Gasteiger partial charge in [0.2, 0.25) is 0 Å². The van der Waals surface area contributed by atoms with Crippen LogP contribution in [0.5, 0.6) is 0 Å². The average molecular weight is 262 g/mol. The monoisotopic (exact) mass is 260 g/mol. The Morgan fingerprint density at radius 1 is 1.46 bits per heavy atom. The number of alkyl halides is 1. The molecule has 0 fully saturated rings. The van der Waals surface area contributed by atoms with E-state index in [1.54, 1.807) is 0 Å². The fourth-order valence-electron chi connectivity index (χ4n) is 1.22. The minimum absolute atomic E-state index is 0.552. The molecular weight excluding hydrogens is 247 g/mol. The van der Waals surface area contributed by atoms with Crippen LogP contribution in [0.4, 0.5) is 0 Å². The van der Waals surface area contributed by atoms with Gasteiger partial charge in [0, 0.05) is 10.4 Å². The zero-order valence-electron chi connectivity index (χ0n) is 7.98. The topological polar surface area (TPSA) is 0 Å². The molecule has 0 radical (unpaired) electrons. The number of hydrogen-bond acceptors (Lipinski definition) is 0. The van der Waals surface area contributed by atoms with Gasteiger partial charge in [-0.05, 0) is 36.5 Å². The maximum Gasteiger partial charge on any atom is 0.0252 e. The first-order valence-electron chi connectivity index (χ1n) is 4.44. The third-order valence-electron chi connectivity index (χ3n) is 2.08. The summed E-state index contributed by atoms with van der Waals surface area (Å²) < 4.78 is 1.19. The molecule has 0 amide bonds. The third-order valence-corrected chi connectivity index (χ3v) is 3.46. The molecule has 1 rings (SSSR count). The molecule has 0 N–H and O–H groups in total. The van der Waals surface area contributed by atoms with E-state index in [1.165, 1.54) is 15.6 Å². The van der Waals surface area contributed by atoms with Gasteiger partial charge in [0.1, 0.15) is 0 Å². The number of benzene rings is 1. The third kappa shape index (κ3) is 3.32. The Morgan fingerprint density at radius 2 is 2.15 bits per heavy atom. The maximum atomic E-state index is 5.76. The molecule has 1 unspecified atom stereocenters. The molecular formula is C11H14BrCl. The van der Waals surface area contributed by atoms with Crippen LogP contribution in [0.3, 0.4) is 0 Å². The van der Waals surface area contributed by atoms with Crippen LogP contribution in [0, 0.1) is 12.8 Å². The van der Waals surface area contributed by atoms with Crippen LogP contribution in [-0.2, 0) is 6.42 Å². The van der Waals surface area contributed by atoms with Crippen LogP contribution in [0.15, 0.2) is 22.7 Å².